The van der Waals surface area contributed by atoms with Crippen molar-refractivity contribution in [2.24, 2.45) is 0 Å². The number of aromatic nitrogens is 2. The molecule has 0 aliphatic rings. The van der Waals surface area contributed by atoms with Crippen LogP contribution in [0.3, 0.4) is 0 Å². The summed E-state index contributed by atoms with van der Waals surface area (Å²) in [5.41, 5.74) is 3.23. The first-order valence-corrected chi connectivity index (χ1v) is 5.51. The van der Waals surface area contributed by atoms with E-state index in [1.165, 1.54) is 0 Å². The molecule has 0 saturated heterocycles. The molecule has 1 aromatic heterocycles. The number of ether oxygens (including phenoxy) is 1. The highest BCUT2D eigenvalue weighted by molar-refractivity contribution is 5.78. The van der Waals surface area contributed by atoms with Gasteiger partial charge in [-0.15, -0.1) is 0 Å². The van der Waals surface area contributed by atoms with E-state index in [9.17, 15) is 0 Å². The van der Waals surface area contributed by atoms with Crippen LogP contribution >= 0.6 is 0 Å². The van der Waals surface area contributed by atoms with E-state index in [1.807, 2.05) is 42.7 Å². The fourth-order valence-corrected chi connectivity index (χ4v) is 2.04. The summed E-state index contributed by atoms with van der Waals surface area (Å²) in [7, 11) is 1.69. The third-order valence-electron chi connectivity index (χ3n) is 2.84. The summed E-state index contributed by atoms with van der Waals surface area (Å²) in [6.45, 7) is 0. The highest BCUT2D eigenvalue weighted by atomic mass is 16.5. The molecule has 1 heterocycles. The number of hydrogen-bond donors (Lipinski definition) is 1. The number of nitrogens with zero attached hydrogens (tertiary/aromatic N) is 1. The van der Waals surface area contributed by atoms with Gasteiger partial charge < -0.3 is 4.74 Å². The van der Waals surface area contributed by atoms with Gasteiger partial charge in [0.1, 0.15) is 5.69 Å². The van der Waals surface area contributed by atoms with E-state index in [0.29, 0.717) is 0 Å². The number of fused-ring (bicyclic) bond motifs is 1. The molecule has 3 aromatic rings. The van der Waals surface area contributed by atoms with E-state index < -0.39 is 0 Å². The van der Waals surface area contributed by atoms with Crippen LogP contribution in [0.1, 0.15) is 0 Å². The fraction of sp³-hybridized carbons (Fsp3) is 0.0714. The van der Waals surface area contributed by atoms with E-state index in [2.05, 4.69) is 21.7 Å². The second-order valence-corrected chi connectivity index (χ2v) is 3.84. The lowest BCUT2D eigenvalue weighted by atomic mass is 10.2. The number of hydrogen-bond acceptors (Lipinski definition) is 1. The molecule has 0 fully saturated rings. The molecule has 3 nitrogen and oxygen atoms in total. The Kier molecular flexibility index (Phi) is 2.29. The highest BCUT2D eigenvalue weighted by Crippen LogP contribution is 2.21. The molecule has 0 amide bonds. The molecule has 0 aliphatic heterocycles. The largest absolute Gasteiger partial charge is 0.492 e. The molecule has 3 rings (SSSR count). The van der Waals surface area contributed by atoms with Crippen LogP contribution in [0.2, 0.25) is 0 Å². The summed E-state index contributed by atoms with van der Waals surface area (Å²) in [6.07, 6.45) is 1.95. The van der Waals surface area contributed by atoms with Crippen molar-refractivity contribution in [3.8, 4) is 11.4 Å². The van der Waals surface area contributed by atoms with Gasteiger partial charge >= 0.3 is 0 Å². The molecule has 0 bridgehead atoms. The molecule has 17 heavy (non-hydrogen) atoms. The van der Waals surface area contributed by atoms with Crippen molar-refractivity contribution in [3.63, 3.8) is 0 Å². The maximum atomic E-state index is 5.41. The topological polar surface area (TPSA) is 28.9 Å². The Morgan fingerprint density at radius 3 is 2.59 bits per heavy atom. The van der Waals surface area contributed by atoms with E-state index in [1.54, 1.807) is 7.11 Å². The maximum Gasteiger partial charge on any atom is 0.247 e. The van der Waals surface area contributed by atoms with Gasteiger partial charge in [-0.3, -0.25) is 0 Å². The summed E-state index contributed by atoms with van der Waals surface area (Å²) in [5, 5.41) is 0. The van der Waals surface area contributed by atoms with Crippen LogP contribution in [0.5, 0.6) is 5.75 Å². The third-order valence-corrected chi connectivity index (χ3v) is 2.84. The molecule has 1 N–H and O–H groups in total. The number of nitrogens with one attached hydrogen (secondary N) is 1. The first kappa shape index (κ1) is 9.90. The number of methoxy groups -OCH3 is 1. The van der Waals surface area contributed by atoms with Crippen LogP contribution in [-0.4, -0.2) is 12.1 Å². The van der Waals surface area contributed by atoms with Crippen molar-refractivity contribution < 1.29 is 9.30 Å². The molecule has 84 valence electrons. The second-order valence-electron chi connectivity index (χ2n) is 3.84. The standard InChI is InChI=1S/C14H12N2O/c1-17-13-9-5-8-12-14(13)16(10-15-12)11-6-3-2-4-7-11/h2-10H,1H3/p+1. The second kappa shape index (κ2) is 3.94. The van der Waals surface area contributed by atoms with E-state index >= 15 is 0 Å². The van der Waals surface area contributed by atoms with Gasteiger partial charge in [0.2, 0.25) is 11.8 Å². The molecule has 2 aromatic carbocycles. The number of aromatic amines is 1. The van der Waals surface area contributed by atoms with Crippen molar-refractivity contribution in [2.75, 3.05) is 7.11 Å². The van der Waals surface area contributed by atoms with E-state index in [-0.39, 0.29) is 0 Å². The average molecular weight is 225 g/mol. The zero-order valence-electron chi connectivity index (χ0n) is 9.55. The van der Waals surface area contributed by atoms with Gasteiger partial charge in [0.05, 0.1) is 7.11 Å². The van der Waals surface area contributed by atoms with Gasteiger partial charge in [0.15, 0.2) is 11.3 Å². The number of rotatable bonds is 2. The van der Waals surface area contributed by atoms with Gasteiger partial charge in [-0.05, 0) is 24.3 Å². The Balaban J connectivity index is 2.31. The van der Waals surface area contributed by atoms with Crippen LogP contribution < -0.4 is 9.30 Å². The minimum atomic E-state index is 0.868. The zero-order chi connectivity index (χ0) is 11.7. The van der Waals surface area contributed by atoms with Crippen molar-refractivity contribution in [2.45, 2.75) is 0 Å². The Morgan fingerprint density at radius 1 is 1.00 bits per heavy atom. The molecule has 0 atom stereocenters. The van der Waals surface area contributed by atoms with E-state index in [0.717, 1.165) is 22.5 Å². The van der Waals surface area contributed by atoms with Crippen molar-refractivity contribution in [1.29, 1.82) is 0 Å². The molecule has 3 heteroatoms. The molecule has 0 aliphatic carbocycles. The Hall–Kier alpha value is -2.29. The molecule has 0 spiro atoms. The van der Waals surface area contributed by atoms with Crippen LogP contribution in [-0.2, 0) is 0 Å². The number of imidazole rings is 1. The average Bonchev–Trinajstić information content (AvgIpc) is 2.83. The Labute approximate surface area is 99.3 Å². The third kappa shape index (κ3) is 1.56. The van der Waals surface area contributed by atoms with Crippen LogP contribution in [0, 0.1) is 0 Å². The summed E-state index contributed by atoms with van der Waals surface area (Å²) >= 11 is 0. The molecule has 0 unspecified atom stereocenters. The smallest absolute Gasteiger partial charge is 0.247 e. The highest BCUT2D eigenvalue weighted by Gasteiger charge is 2.15. The first-order chi connectivity index (χ1) is 8.40. The van der Waals surface area contributed by atoms with Crippen molar-refractivity contribution in [1.82, 2.24) is 4.98 Å². The lowest BCUT2D eigenvalue weighted by Gasteiger charge is -2.01. The normalized spacial score (nSPS) is 10.6. The van der Waals surface area contributed by atoms with Gasteiger partial charge in [0, 0.05) is 0 Å². The molecular weight excluding hydrogens is 212 g/mol. The van der Waals surface area contributed by atoms with Crippen molar-refractivity contribution in [3.05, 3.63) is 54.9 Å². The lowest BCUT2D eigenvalue weighted by molar-refractivity contribution is -0.567. The Morgan fingerprint density at radius 2 is 1.82 bits per heavy atom. The number of H-pyrrole nitrogens is 1. The van der Waals surface area contributed by atoms with Crippen molar-refractivity contribution >= 4 is 11.0 Å². The molecular formula is C14H13N2O+. The van der Waals surface area contributed by atoms with Crippen LogP contribution in [0.4, 0.5) is 0 Å². The summed E-state index contributed by atoms with van der Waals surface area (Å²) in [4.78, 5) is 3.24. The van der Waals surface area contributed by atoms with Crippen LogP contribution in [0.15, 0.2) is 54.9 Å². The Bertz CT molecular complexity index is 644. The quantitative estimate of drug-likeness (QED) is 0.667. The predicted molar refractivity (Wildman–Crippen MR) is 66.4 cm³/mol. The monoisotopic (exact) mass is 225 g/mol. The predicted octanol–water partition coefficient (Wildman–Crippen LogP) is 2.45. The molecule has 0 radical (unpaired) electrons. The van der Waals surface area contributed by atoms with Gasteiger partial charge in [-0.1, -0.05) is 24.3 Å². The van der Waals surface area contributed by atoms with Gasteiger partial charge in [0.25, 0.3) is 0 Å². The summed E-state index contributed by atoms with van der Waals surface area (Å²) in [5.74, 6) is 0.868. The SMILES string of the molecule is COc1cccc2[nH]c[n+](-c3ccccc3)c12. The summed E-state index contributed by atoms with van der Waals surface area (Å²) in [6, 6.07) is 16.2. The number of benzene rings is 2. The van der Waals surface area contributed by atoms with Crippen LogP contribution in [0.25, 0.3) is 16.7 Å². The number of para-hydroxylation sites is 2. The van der Waals surface area contributed by atoms with E-state index in [4.69, 9.17) is 4.74 Å². The first-order valence-electron chi connectivity index (χ1n) is 5.51. The zero-order valence-corrected chi connectivity index (χ0v) is 9.55. The minimum absolute atomic E-state index is 0.868. The molecule has 0 saturated carbocycles. The van der Waals surface area contributed by atoms with Gasteiger partial charge in [-0.2, -0.15) is 4.57 Å². The fourth-order valence-electron chi connectivity index (χ4n) is 2.04. The summed E-state index contributed by atoms with van der Waals surface area (Å²) < 4.78 is 7.50. The minimum Gasteiger partial charge on any atom is -0.492 e. The maximum absolute atomic E-state index is 5.41. The lowest BCUT2D eigenvalue weighted by Crippen LogP contribution is -2.28. The van der Waals surface area contributed by atoms with Gasteiger partial charge in [-0.25, -0.2) is 4.98 Å².